The summed E-state index contributed by atoms with van der Waals surface area (Å²) < 4.78 is 30.4. The molecule has 1 aromatic rings. The summed E-state index contributed by atoms with van der Waals surface area (Å²) >= 11 is 5.92. The van der Waals surface area contributed by atoms with Gasteiger partial charge in [0.25, 0.3) is 0 Å². The minimum atomic E-state index is -3.17. The van der Waals surface area contributed by atoms with Crippen LogP contribution in [0.2, 0.25) is 5.02 Å². The third kappa shape index (κ3) is 4.53. The Kier molecular flexibility index (Phi) is 5.68. The number of piperidine rings is 1. The molecular weight excluding hydrogens is 364 g/mol. The summed E-state index contributed by atoms with van der Waals surface area (Å²) in [7, 11) is -3.17. The van der Waals surface area contributed by atoms with E-state index in [2.05, 4.69) is 0 Å². The summed E-state index contributed by atoms with van der Waals surface area (Å²) in [5.41, 5.74) is 1.01. The Bertz CT molecular complexity index is 715. The average molecular weight is 387 g/mol. The predicted octanol–water partition coefficient (Wildman–Crippen LogP) is 1.91. The van der Waals surface area contributed by atoms with Crippen molar-refractivity contribution in [3.05, 3.63) is 34.9 Å². The van der Waals surface area contributed by atoms with E-state index in [1.54, 1.807) is 0 Å². The Morgan fingerprint density at radius 3 is 2.40 bits per heavy atom. The van der Waals surface area contributed by atoms with Gasteiger partial charge in [-0.2, -0.15) is 0 Å². The van der Waals surface area contributed by atoms with Gasteiger partial charge in [0.2, 0.25) is 15.9 Å². The fraction of sp³-hybridized carbons (Fsp3) is 0.588. The van der Waals surface area contributed by atoms with Crippen molar-refractivity contribution in [1.29, 1.82) is 0 Å². The van der Waals surface area contributed by atoms with Crippen LogP contribution in [0.3, 0.4) is 0 Å². The standard InChI is InChI=1S/C17H23ClN2O4S/c1-25(22,23)20-8-6-14(7-9-20)17(21)19-10-11-24-16(12-19)13-2-4-15(18)5-3-13/h2-5,14,16H,6-12H2,1H3. The molecule has 0 spiro atoms. The van der Waals surface area contributed by atoms with Crippen LogP contribution in [0.1, 0.15) is 24.5 Å². The van der Waals surface area contributed by atoms with Crippen molar-refractivity contribution in [3.63, 3.8) is 0 Å². The van der Waals surface area contributed by atoms with Crippen molar-refractivity contribution < 1.29 is 17.9 Å². The van der Waals surface area contributed by atoms with Gasteiger partial charge in [-0.15, -0.1) is 0 Å². The molecule has 0 aliphatic carbocycles. The van der Waals surface area contributed by atoms with Gasteiger partial charge in [0.05, 0.1) is 19.4 Å². The van der Waals surface area contributed by atoms with E-state index < -0.39 is 10.0 Å². The Morgan fingerprint density at radius 2 is 1.80 bits per heavy atom. The molecule has 25 heavy (non-hydrogen) atoms. The quantitative estimate of drug-likeness (QED) is 0.795. The summed E-state index contributed by atoms with van der Waals surface area (Å²) in [5, 5.41) is 0.671. The monoisotopic (exact) mass is 386 g/mol. The normalized spacial score (nSPS) is 23.6. The minimum absolute atomic E-state index is 0.107. The van der Waals surface area contributed by atoms with Crippen LogP contribution in [0.5, 0.6) is 0 Å². The fourth-order valence-corrected chi connectivity index (χ4v) is 4.42. The highest BCUT2D eigenvalue weighted by Gasteiger charge is 2.33. The van der Waals surface area contributed by atoms with Gasteiger partial charge in [0.15, 0.2) is 0 Å². The molecule has 0 N–H and O–H groups in total. The lowest BCUT2D eigenvalue weighted by Crippen LogP contribution is -2.48. The summed E-state index contributed by atoms with van der Waals surface area (Å²) in [4.78, 5) is 14.7. The highest BCUT2D eigenvalue weighted by molar-refractivity contribution is 7.88. The number of carbonyl (C=O) groups is 1. The fourth-order valence-electron chi connectivity index (χ4n) is 3.42. The van der Waals surface area contributed by atoms with Gasteiger partial charge in [0.1, 0.15) is 6.10 Å². The lowest BCUT2D eigenvalue weighted by atomic mass is 9.96. The number of sulfonamides is 1. The summed E-state index contributed by atoms with van der Waals surface area (Å²) in [6, 6.07) is 7.49. The number of carbonyl (C=O) groups excluding carboxylic acids is 1. The van der Waals surface area contributed by atoms with Gasteiger partial charge >= 0.3 is 0 Å². The van der Waals surface area contributed by atoms with Crippen molar-refractivity contribution in [2.75, 3.05) is 39.0 Å². The second-order valence-electron chi connectivity index (χ2n) is 6.63. The second-order valence-corrected chi connectivity index (χ2v) is 9.05. The van der Waals surface area contributed by atoms with Crippen molar-refractivity contribution in [1.82, 2.24) is 9.21 Å². The summed E-state index contributed by atoms with van der Waals surface area (Å²) in [5.74, 6) is -0.00242. The molecule has 1 unspecified atom stereocenters. The molecule has 8 heteroatoms. The highest BCUT2D eigenvalue weighted by Crippen LogP contribution is 2.27. The van der Waals surface area contributed by atoms with E-state index >= 15 is 0 Å². The van der Waals surface area contributed by atoms with Crippen molar-refractivity contribution in [3.8, 4) is 0 Å². The largest absolute Gasteiger partial charge is 0.370 e. The molecule has 1 amide bonds. The number of benzene rings is 1. The van der Waals surface area contributed by atoms with Crippen LogP contribution in [0, 0.1) is 5.92 Å². The second kappa shape index (κ2) is 7.61. The topological polar surface area (TPSA) is 66.9 Å². The molecule has 2 fully saturated rings. The number of amides is 1. The molecule has 1 atom stereocenters. The predicted molar refractivity (Wildman–Crippen MR) is 95.9 cm³/mol. The van der Waals surface area contributed by atoms with E-state index in [0.29, 0.717) is 50.7 Å². The Morgan fingerprint density at radius 1 is 1.16 bits per heavy atom. The van der Waals surface area contributed by atoms with Gasteiger partial charge in [-0.25, -0.2) is 12.7 Å². The molecule has 2 heterocycles. The maximum Gasteiger partial charge on any atom is 0.225 e. The maximum atomic E-state index is 12.8. The number of morpholine rings is 1. The SMILES string of the molecule is CS(=O)(=O)N1CCC(C(=O)N2CCOC(c3ccc(Cl)cc3)C2)CC1. The zero-order valence-electron chi connectivity index (χ0n) is 14.2. The van der Waals surface area contributed by atoms with Crippen LogP contribution in [0.15, 0.2) is 24.3 Å². The number of halogens is 1. The van der Waals surface area contributed by atoms with E-state index in [1.807, 2.05) is 29.2 Å². The smallest absolute Gasteiger partial charge is 0.225 e. The Balaban J connectivity index is 1.60. The zero-order valence-corrected chi connectivity index (χ0v) is 15.8. The molecule has 2 aliphatic heterocycles. The van der Waals surface area contributed by atoms with Gasteiger partial charge in [-0.1, -0.05) is 23.7 Å². The van der Waals surface area contributed by atoms with E-state index in [4.69, 9.17) is 16.3 Å². The summed E-state index contributed by atoms with van der Waals surface area (Å²) in [6.07, 6.45) is 2.23. The van der Waals surface area contributed by atoms with Crippen molar-refractivity contribution >= 4 is 27.5 Å². The van der Waals surface area contributed by atoms with Gasteiger partial charge in [-0.05, 0) is 30.5 Å². The molecule has 0 radical (unpaired) electrons. The first-order chi connectivity index (χ1) is 11.8. The Labute approximate surface area is 153 Å². The number of hydrogen-bond donors (Lipinski definition) is 0. The van der Waals surface area contributed by atoms with Gasteiger partial charge in [-0.3, -0.25) is 4.79 Å². The molecule has 3 rings (SSSR count). The van der Waals surface area contributed by atoms with E-state index in [1.165, 1.54) is 10.6 Å². The van der Waals surface area contributed by atoms with Crippen molar-refractivity contribution in [2.24, 2.45) is 5.92 Å². The lowest BCUT2D eigenvalue weighted by Gasteiger charge is -2.37. The van der Waals surface area contributed by atoms with E-state index in [9.17, 15) is 13.2 Å². The van der Waals surface area contributed by atoms with Crippen LogP contribution < -0.4 is 0 Å². The zero-order chi connectivity index (χ0) is 18.0. The number of rotatable bonds is 3. The highest BCUT2D eigenvalue weighted by atomic mass is 35.5. The molecule has 2 aliphatic rings. The third-order valence-electron chi connectivity index (χ3n) is 4.89. The number of nitrogens with zero attached hydrogens (tertiary/aromatic N) is 2. The molecule has 0 saturated carbocycles. The molecule has 2 saturated heterocycles. The molecular formula is C17H23ClN2O4S. The first-order valence-electron chi connectivity index (χ1n) is 8.45. The van der Waals surface area contributed by atoms with Gasteiger partial charge < -0.3 is 9.64 Å². The first-order valence-corrected chi connectivity index (χ1v) is 10.7. The first kappa shape index (κ1) is 18.6. The van der Waals surface area contributed by atoms with Crippen LogP contribution >= 0.6 is 11.6 Å². The molecule has 0 bridgehead atoms. The molecule has 1 aromatic carbocycles. The molecule has 0 aromatic heterocycles. The minimum Gasteiger partial charge on any atom is -0.370 e. The average Bonchev–Trinajstić information content (AvgIpc) is 2.61. The van der Waals surface area contributed by atoms with Crippen LogP contribution in [-0.2, 0) is 19.6 Å². The van der Waals surface area contributed by atoms with E-state index in [0.717, 1.165) is 5.56 Å². The van der Waals surface area contributed by atoms with Crippen LogP contribution in [0.25, 0.3) is 0 Å². The van der Waals surface area contributed by atoms with E-state index in [-0.39, 0.29) is 17.9 Å². The van der Waals surface area contributed by atoms with Crippen LogP contribution in [0.4, 0.5) is 0 Å². The number of hydrogen-bond acceptors (Lipinski definition) is 4. The maximum absolute atomic E-state index is 12.8. The Hall–Kier alpha value is -1.15. The van der Waals surface area contributed by atoms with Crippen LogP contribution in [-0.4, -0.2) is 62.6 Å². The van der Waals surface area contributed by atoms with Crippen molar-refractivity contribution in [2.45, 2.75) is 18.9 Å². The van der Waals surface area contributed by atoms with Gasteiger partial charge in [0, 0.05) is 30.6 Å². The number of ether oxygens (including phenoxy) is 1. The lowest BCUT2D eigenvalue weighted by molar-refractivity contribution is -0.144. The third-order valence-corrected chi connectivity index (χ3v) is 6.45. The molecule has 138 valence electrons. The summed E-state index contributed by atoms with van der Waals surface area (Å²) in [6.45, 7) is 2.43. The molecule has 6 nitrogen and oxygen atoms in total.